The van der Waals surface area contributed by atoms with Crippen molar-refractivity contribution >= 4 is 22.6 Å². The summed E-state index contributed by atoms with van der Waals surface area (Å²) in [5, 5.41) is 0. The van der Waals surface area contributed by atoms with E-state index in [0.29, 0.717) is 5.92 Å². The highest BCUT2D eigenvalue weighted by Gasteiger charge is 2.18. The van der Waals surface area contributed by atoms with Gasteiger partial charge in [-0.15, -0.1) is 0 Å². The van der Waals surface area contributed by atoms with Crippen molar-refractivity contribution in [2.24, 2.45) is 10.9 Å². The van der Waals surface area contributed by atoms with Gasteiger partial charge in [-0.25, -0.2) is 0 Å². The minimum absolute atomic E-state index is 0.339. The van der Waals surface area contributed by atoms with Crippen molar-refractivity contribution in [2.45, 2.75) is 94.4 Å². The monoisotopic (exact) mass is 471 g/mol. The molecule has 1 unspecified atom stereocenters. The first kappa shape index (κ1) is 30.4. The van der Waals surface area contributed by atoms with E-state index < -0.39 is 0 Å². The predicted octanol–water partition coefficient (Wildman–Crippen LogP) is 11.0. The molecule has 0 saturated heterocycles. The molecule has 2 rings (SSSR count). The Kier molecular flexibility index (Phi) is 14.0. The second-order valence-electron chi connectivity index (χ2n) is 9.49. The first-order chi connectivity index (χ1) is 16.8. The van der Waals surface area contributed by atoms with Gasteiger partial charge in [-0.05, 0) is 68.2 Å². The number of nitrogens with zero attached hydrogens (tertiary/aromatic N) is 1. The summed E-state index contributed by atoms with van der Waals surface area (Å²) >= 11 is 0. The summed E-state index contributed by atoms with van der Waals surface area (Å²) in [5.74, 6) is 0.339. The highest BCUT2D eigenvalue weighted by atomic mass is 14.8. The fourth-order valence-corrected chi connectivity index (χ4v) is 3.91. The smallest absolute Gasteiger partial charge is 0.0640 e. The van der Waals surface area contributed by atoms with Gasteiger partial charge in [0.1, 0.15) is 0 Å². The molecule has 1 atom stereocenters. The van der Waals surface area contributed by atoms with Crippen molar-refractivity contribution in [3.8, 4) is 0 Å². The molecular weight excluding hydrogens is 422 g/mol. The zero-order chi connectivity index (χ0) is 26.4. The van der Waals surface area contributed by atoms with Crippen LogP contribution in [0.1, 0.15) is 117 Å². The molecule has 190 valence electrons. The predicted molar refractivity (Wildman–Crippen MR) is 161 cm³/mol. The summed E-state index contributed by atoms with van der Waals surface area (Å²) in [6, 6.07) is 17.2. The molecule has 0 heterocycles. The number of hydrogen-bond donors (Lipinski definition) is 0. The Morgan fingerprint density at radius 1 is 0.829 bits per heavy atom. The first-order valence-corrected chi connectivity index (χ1v) is 13.6. The minimum atomic E-state index is 0.339. The molecule has 0 bridgehead atoms. The van der Waals surface area contributed by atoms with Crippen LogP contribution in [0.15, 0.2) is 71.8 Å². The molecule has 0 saturated carbocycles. The fraction of sp³-hybridized carbons (Fsp3) is 0.441. The molecule has 0 aliphatic heterocycles. The van der Waals surface area contributed by atoms with Gasteiger partial charge in [-0.2, -0.15) is 0 Å². The lowest BCUT2D eigenvalue weighted by molar-refractivity contribution is 0.740. The van der Waals surface area contributed by atoms with Gasteiger partial charge in [0.2, 0.25) is 0 Å². The Bertz CT molecular complexity index is 1030. The van der Waals surface area contributed by atoms with Gasteiger partial charge in [0.05, 0.1) is 11.4 Å². The van der Waals surface area contributed by atoms with Crippen LogP contribution in [-0.4, -0.2) is 5.71 Å². The van der Waals surface area contributed by atoms with Gasteiger partial charge < -0.3 is 0 Å². The molecule has 0 spiro atoms. The molecule has 2 aromatic rings. The molecule has 0 aliphatic rings. The van der Waals surface area contributed by atoms with Crippen LogP contribution in [0.4, 0.5) is 0 Å². The summed E-state index contributed by atoms with van der Waals surface area (Å²) < 4.78 is 0. The maximum absolute atomic E-state index is 5.21. The van der Waals surface area contributed by atoms with Crippen LogP contribution >= 0.6 is 0 Å². The van der Waals surface area contributed by atoms with Gasteiger partial charge in [0.25, 0.3) is 0 Å². The standard InChI is InChI=1S/C31H41N.C3H8/c1-9-12-17-24(6)27-18-13-15-20-29(27)26(8)32-31(23(5)11-3)30-21-16-14-19-28(30)25(7)22(4)10-2;1-3-2/h13-21,23H,8-12H2,1-7H3;3H2,1-2H3/b24-17-,25-22-,32-31?;. The van der Waals surface area contributed by atoms with Crippen LogP contribution in [0.5, 0.6) is 0 Å². The Hall–Kier alpha value is -2.67. The van der Waals surface area contributed by atoms with Gasteiger partial charge >= 0.3 is 0 Å². The molecule has 1 heteroatoms. The Morgan fingerprint density at radius 2 is 1.34 bits per heavy atom. The Labute approximate surface area is 216 Å². The van der Waals surface area contributed by atoms with E-state index >= 15 is 0 Å². The number of unbranched alkanes of at least 4 members (excludes halogenated alkanes) is 1. The van der Waals surface area contributed by atoms with Crippen molar-refractivity contribution in [2.75, 3.05) is 0 Å². The molecular formula is C34H49N. The molecule has 0 aliphatic carbocycles. The van der Waals surface area contributed by atoms with E-state index in [-0.39, 0.29) is 0 Å². The molecule has 0 radical (unpaired) electrons. The van der Waals surface area contributed by atoms with Crippen LogP contribution in [0, 0.1) is 5.92 Å². The fourth-order valence-electron chi connectivity index (χ4n) is 3.91. The van der Waals surface area contributed by atoms with E-state index in [1.807, 2.05) is 0 Å². The van der Waals surface area contributed by atoms with Crippen LogP contribution in [0.2, 0.25) is 0 Å². The largest absolute Gasteiger partial charge is 0.253 e. The third-order valence-corrected chi connectivity index (χ3v) is 6.51. The summed E-state index contributed by atoms with van der Waals surface area (Å²) in [7, 11) is 0. The van der Waals surface area contributed by atoms with Crippen LogP contribution in [0.25, 0.3) is 16.8 Å². The Morgan fingerprint density at radius 3 is 1.86 bits per heavy atom. The summed E-state index contributed by atoms with van der Waals surface area (Å²) in [5.41, 5.74) is 10.9. The molecule has 35 heavy (non-hydrogen) atoms. The maximum Gasteiger partial charge on any atom is 0.0640 e. The third kappa shape index (κ3) is 8.80. The van der Waals surface area contributed by atoms with Crippen molar-refractivity contribution in [3.63, 3.8) is 0 Å². The third-order valence-electron chi connectivity index (χ3n) is 6.51. The van der Waals surface area contributed by atoms with Gasteiger partial charge in [-0.1, -0.05) is 121 Å². The van der Waals surface area contributed by atoms with E-state index in [2.05, 4.69) is 123 Å². The molecule has 1 nitrogen and oxygen atoms in total. The van der Waals surface area contributed by atoms with Crippen LogP contribution in [0.3, 0.4) is 0 Å². The van der Waals surface area contributed by atoms with Crippen LogP contribution < -0.4 is 0 Å². The van der Waals surface area contributed by atoms with E-state index in [1.165, 1.54) is 39.8 Å². The summed E-state index contributed by atoms with van der Waals surface area (Å²) in [6.07, 6.45) is 7.90. The van der Waals surface area contributed by atoms with Crippen LogP contribution in [-0.2, 0) is 0 Å². The topological polar surface area (TPSA) is 12.4 Å². The SMILES string of the molecule is C=C(N=C(c1ccccc1/C(C)=C(/C)CC)C(C)CC)c1ccccc1/C(C)=C\CCC.CCC. The quantitative estimate of drug-likeness (QED) is 0.305. The maximum atomic E-state index is 5.21. The molecule has 2 aromatic carbocycles. The lowest BCUT2D eigenvalue weighted by Gasteiger charge is -2.20. The van der Waals surface area contributed by atoms with E-state index in [9.17, 15) is 0 Å². The highest BCUT2D eigenvalue weighted by Crippen LogP contribution is 2.30. The summed E-state index contributed by atoms with van der Waals surface area (Å²) in [6.45, 7) is 24.3. The highest BCUT2D eigenvalue weighted by molar-refractivity contribution is 6.08. The molecule has 0 amide bonds. The first-order valence-electron chi connectivity index (χ1n) is 13.6. The molecule has 0 aromatic heterocycles. The van der Waals surface area contributed by atoms with Crippen molar-refractivity contribution in [1.29, 1.82) is 0 Å². The average Bonchev–Trinajstić information content (AvgIpc) is 2.89. The Balaban J connectivity index is 0.00000194. The number of allylic oxidation sites excluding steroid dienone is 4. The lowest BCUT2D eigenvalue weighted by Crippen LogP contribution is -2.14. The summed E-state index contributed by atoms with van der Waals surface area (Å²) in [4.78, 5) is 5.21. The van der Waals surface area contributed by atoms with Gasteiger partial charge in [0.15, 0.2) is 0 Å². The van der Waals surface area contributed by atoms with Crippen molar-refractivity contribution in [1.82, 2.24) is 0 Å². The number of benzene rings is 2. The van der Waals surface area contributed by atoms with Gasteiger partial charge in [-0.3, -0.25) is 4.99 Å². The molecule has 0 fully saturated rings. The minimum Gasteiger partial charge on any atom is -0.253 e. The van der Waals surface area contributed by atoms with E-state index in [1.54, 1.807) is 0 Å². The lowest BCUT2D eigenvalue weighted by atomic mass is 9.88. The van der Waals surface area contributed by atoms with E-state index in [0.717, 1.165) is 42.7 Å². The normalized spacial score (nSPS) is 13.5. The average molecular weight is 472 g/mol. The molecule has 0 N–H and O–H groups in total. The van der Waals surface area contributed by atoms with E-state index in [4.69, 9.17) is 4.99 Å². The number of rotatable bonds is 10. The zero-order valence-electron chi connectivity index (χ0n) is 24.0. The van der Waals surface area contributed by atoms with Gasteiger partial charge in [0, 0.05) is 11.1 Å². The second-order valence-corrected chi connectivity index (χ2v) is 9.49. The number of aliphatic imine (C=N–C) groups is 1. The van der Waals surface area contributed by atoms with Crippen molar-refractivity contribution in [3.05, 3.63) is 89.0 Å². The number of hydrogen-bond acceptors (Lipinski definition) is 1. The zero-order valence-corrected chi connectivity index (χ0v) is 24.0. The second kappa shape index (κ2) is 16.1. The van der Waals surface area contributed by atoms with Crippen molar-refractivity contribution < 1.29 is 0 Å².